The molecule has 3 aromatic rings. The number of hydrogen-bond acceptors (Lipinski definition) is 4. The lowest BCUT2D eigenvalue weighted by Crippen LogP contribution is -2.05. The summed E-state index contributed by atoms with van der Waals surface area (Å²) in [6, 6.07) is 11.8. The molecule has 0 radical (unpaired) electrons. The highest BCUT2D eigenvalue weighted by molar-refractivity contribution is 6.01. The minimum absolute atomic E-state index is 0.374. The Balaban J connectivity index is 2.34. The molecule has 0 unspecified atom stereocenters. The van der Waals surface area contributed by atoms with Gasteiger partial charge in [-0.05, 0) is 70.5 Å². The summed E-state index contributed by atoms with van der Waals surface area (Å²) in [5, 5.41) is 11.7. The van der Waals surface area contributed by atoms with Crippen molar-refractivity contribution >= 4 is 17.4 Å². The van der Waals surface area contributed by atoms with Crippen molar-refractivity contribution < 1.29 is 13.6 Å². The first kappa shape index (κ1) is 18.3. The van der Waals surface area contributed by atoms with Gasteiger partial charge in [-0.15, -0.1) is 5.10 Å². The molecule has 7 heteroatoms. The van der Waals surface area contributed by atoms with E-state index < -0.39 is 0 Å². The zero-order chi connectivity index (χ0) is 19.2. The van der Waals surface area contributed by atoms with Gasteiger partial charge < -0.3 is 0 Å². The maximum atomic E-state index is 13.4. The second-order valence-corrected chi connectivity index (χ2v) is 5.62. The van der Waals surface area contributed by atoms with Crippen molar-refractivity contribution in [2.24, 2.45) is 0 Å². The first-order valence-electron chi connectivity index (χ1n) is 8.28. The zero-order valence-electron chi connectivity index (χ0n) is 14.5. The minimum atomic E-state index is -0.374. The Morgan fingerprint density at radius 2 is 1.56 bits per heavy atom. The average molecular weight is 366 g/mol. The van der Waals surface area contributed by atoms with Crippen LogP contribution in [0.3, 0.4) is 0 Å². The number of nitrogens with zero attached hydrogens (tertiary/aromatic N) is 4. The maximum Gasteiger partial charge on any atom is 0.182 e. The topological polar surface area (TPSA) is 60.7 Å². The molecular weight excluding hydrogens is 350 g/mol. The van der Waals surface area contributed by atoms with E-state index in [9.17, 15) is 13.6 Å². The molecule has 0 N–H and O–H groups in total. The molecule has 0 spiro atoms. The summed E-state index contributed by atoms with van der Waals surface area (Å²) in [4.78, 5) is 11.0. The van der Waals surface area contributed by atoms with Crippen LogP contribution in [0.15, 0.2) is 60.7 Å². The number of aromatic nitrogens is 4. The first-order chi connectivity index (χ1) is 13.1. The Morgan fingerprint density at radius 1 is 1.00 bits per heavy atom. The van der Waals surface area contributed by atoms with Gasteiger partial charge in [-0.1, -0.05) is 24.3 Å². The molecule has 0 aliphatic rings. The van der Waals surface area contributed by atoms with Crippen LogP contribution >= 0.6 is 0 Å². The molecule has 0 aliphatic carbocycles. The normalized spacial score (nSPS) is 10.9. The molecule has 0 atom stereocenters. The molecule has 0 fully saturated rings. The molecule has 3 rings (SSSR count). The van der Waals surface area contributed by atoms with Gasteiger partial charge in [-0.2, -0.15) is 0 Å². The fourth-order valence-electron chi connectivity index (χ4n) is 2.73. The molecule has 5 nitrogen and oxygen atoms in total. The smallest absolute Gasteiger partial charge is 0.182 e. The molecule has 2 aromatic carbocycles. The molecular formula is C20H16F2N4O. The summed E-state index contributed by atoms with van der Waals surface area (Å²) in [7, 11) is 0. The number of tetrazole rings is 1. The highest BCUT2D eigenvalue weighted by Gasteiger charge is 2.17. The minimum Gasteiger partial charge on any atom is -0.299 e. The van der Waals surface area contributed by atoms with Crippen LogP contribution in [-0.2, 0) is 11.3 Å². The Kier molecular flexibility index (Phi) is 5.61. The first-order valence-corrected chi connectivity index (χ1v) is 8.28. The van der Waals surface area contributed by atoms with Crippen LogP contribution in [0.5, 0.6) is 0 Å². The van der Waals surface area contributed by atoms with Crippen LogP contribution in [0.2, 0.25) is 0 Å². The van der Waals surface area contributed by atoms with Gasteiger partial charge in [0.1, 0.15) is 17.9 Å². The lowest BCUT2D eigenvalue weighted by molar-refractivity contribution is -0.104. The van der Waals surface area contributed by atoms with E-state index in [4.69, 9.17) is 0 Å². The highest BCUT2D eigenvalue weighted by atomic mass is 19.1. The number of aldehydes is 1. The van der Waals surface area contributed by atoms with Gasteiger partial charge in [0.25, 0.3) is 0 Å². The number of hydrogen-bond donors (Lipinski definition) is 0. The molecule has 0 saturated carbocycles. The Hall–Kier alpha value is -3.48. The van der Waals surface area contributed by atoms with Gasteiger partial charge in [-0.3, -0.25) is 4.79 Å². The molecule has 0 saturated heterocycles. The van der Waals surface area contributed by atoms with E-state index in [0.717, 1.165) is 0 Å². The largest absolute Gasteiger partial charge is 0.299 e. The molecule has 0 bridgehead atoms. The Morgan fingerprint density at radius 3 is 2.04 bits per heavy atom. The Bertz CT molecular complexity index is 942. The molecule has 1 heterocycles. The highest BCUT2D eigenvalue weighted by Crippen LogP contribution is 2.32. The van der Waals surface area contributed by atoms with Crippen molar-refractivity contribution in [3.63, 3.8) is 0 Å². The molecule has 136 valence electrons. The average Bonchev–Trinajstić information content (AvgIpc) is 3.16. The summed E-state index contributed by atoms with van der Waals surface area (Å²) in [6.07, 6.45) is 3.57. The fourth-order valence-corrected chi connectivity index (χ4v) is 2.73. The molecule has 0 amide bonds. The second kappa shape index (κ2) is 8.27. The van der Waals surface area contributed by atoms with E-state index >= 15 is 0 Å². The van der Waals surface area contributed by atoms with Crippen LogP contribution in [0.1, 0.15) is 23.9 Å². The van der Waals surface area contributed by atoms with Crippen molar-refractivity contribution in [3.05, 3.63) is 89.3 Å². The van der Waals surface area contributed by atoms with Crippen molar-refractivity contribution in [2.45, 2.75) is 13.5 Å². The van der Waals surface area contributed by atoms with Crippen LogP contribution in [-0.4, -0.2) is 26.5 Å². The number of allylic oxidation sites excluding steroid dienone is 3. The summed E-state index contributed by atoms with van der Waals surface area (Å²) in [6.45, 7) is 2.40. The van der Waals surface area contributed by atoms with Crippen molar-refractivity contribution in [1.29, 1.82) is 0 Å². The number of carbonyl (C=O) groups excluding carboxylic acids is 1. The number of carbonyl (C=O) groups is 1. The summed E-state index contributed by atoms with van der Waals surface area (Å²) >= 11 is 0. The third kappa shape index (κ3) is 4.03. The van der Waals surface area contributed by atoms with Crippen molar-refractivity contribution in [3.8, 4) is 0 Å². The van der Waals surface area contributed by atoms with E-state index in [1.165, 1.54) is 30.3 Å². The van der Waals surface area contributed by atoms with Crippen LogP contribution in [0.4, 0.5) is 8.78 Å². The van der Waals surface area contributed by atoms with E-state index in [0.29, 0.717) is 40.9 Å². The lowest BCUT2D eigenvalue weighted by atomic mass is 9.92. The maximum absolute atomic E-state index is 13.4. The van der Waals surface area contributed by atoms with Crippen LogP contribution in [0.25, 0.3) is 11.1 Å². The third-order valence-corrected chi connectivity index (χ3v) is 3.95. The van der Waals surface area contributed by atoms with Gasteiger partial charge in [-0.25, -0.2) is 13.5 Å². The van der Waals surface area contributed by atoms with Gasteiger partial charge in [0.15, 0.2) is 5.82 Å². The summed E-state index contributed by atoms with van der Waals surface area (Å²) in [5.41, 5.74) is 2.57. The second-order valence-electron chi connectivity index (χ2n) is 5.62. The summed E-state index contributed by atoms with van der Waals surface area (Å²) in [5.74, 6) is -0.305. The van der Waals surface area contributed by atoms with Crippen LogP contribution < -0.4 is 0 Å². The van der Waals surface area contributed by atoms with Gasteiger partial charge in [0, 0.05) is 12.1 Å². The zero-order valence-corrected chi connectivity index (χ0v) is 14.5. The van der Waals surface area contributed by atoms with E-state index in [-0.39, 0.29) is 11.6 Å². The van der Waals surface area contributed by atoms with E-state index in [2.05, 4.69) is 15.5 Å². The van der Waals surface area contributed by atoms with E-state index in [1.807, 2.05) is 6.92 Å². The molecule has 1 aromatic heterocycles. The summed E-state index contributed by atoms with van der Waals surface area (Å²) < 4.78 is 28.5. The van der Waals surface area contributed by atoms with Crippen molar-refractivity contribution in [1.82, 2.24) is 20.2 Å². The lowest BCUT2D eigenvalue weighted by Gasteiger charge is -2.14. The molecule has 27 heavy (non-hydrogen) atoms. The number of rotatable bonds is 6. The number of benzene rings is 2. The van der Waals surface area contributed by atoms with Gasteiger partial charge >= 0.3 is 0 Å². The predicted octanol–water partition coefficient (Wildman–Crippen LogP) is 3.69. The van der Waals surface area contributed by atoms with Gasteiger partial charge in [0.2, 0.25) is 0 Å². The van der Waals surface area contributed by atoms with Crippen LogP contribution in [0, 0.1) is 11.6 Å². The SMILES string of the molecule is CCn1nnnc1C(C=CC=O)=C(c1ccc(F)cc1)c1ccc(F)cc1. The quantitative estimate of drug-likeness (QED) is 0.379. The van der Waals surface area contributed by atoms with E-state index in [1.54, 1.807) is 35.0 Å². The monoisotopic (exact) mass is 366 g/mol. The standard InChI is InChI=1S/C20H16F2N4O/c1-2-26-20(23-24-25-26)18(4-3-13-27)19(14-5-9-16(21)10-6-14)15-7-11-17(22)12-8-15/h3-13H,2H2,1H3. The Labute approximate surface area is 154 Å². The predicted molar refractivity (Wildman–Crippen MR) is 97.4 cm³/mol. The van der Waals surface area contributed by atoms with Gasteiger partial charge in [0.05, 0.1) is 0 Å². The third-order valence-electron chi connectivity index (χ3n) is 3.95. The number of aryl methyl sites for hydroxylation is 1. The molecule has 0 aliphatic heterocycles. The van der Waals surface area contributed by atoms with Crippen molar-refractivity contribution in [2.75, 3.05) is 0 Å². The number of halogens is 2. The fraction of sp³-hybridized carbons (Fsp3) is 0.100.